The lowest BCUT2D eigenvalue weighted by atomic mass is 9.96. The van der Waals surface area contributed by atoms with E-state index in [-0.39, 0.29) is 25.5 Å². The van der Waals surface area contributed by atoms with Crippen molar-refractivity contribution in [1.82, 2.24) is 10.2 Å². The number of likely N-dealkylation sites (tertiary alicyclic amines) is 1. The number of amides is 1. The van der Waals surface area contributed by atoms with E-state index in [9.17, 15) is 22.8 Å². The van der Waals surface area contributed by atoms with Crippen LogP contribution in [0.15, 0.2) is 0 Å². The van der Waals surface area contributed by atoms with Gasteiger partial charge in [-0.3, -0.25) is 14.5 Å². The van der Waals surface area contributed by atoms with Crippen LogP contribution in [0.1, 0.15) is 38.5 Å². The Morgan fingerprint density at radius 3 is 2.37 bits per heavy atom. The minimum Gasteiger partial charge on any atom is -0.481 e. The molecule has 2 N–H and O–H groups in total. The third-order valence-corrected chi connectivity index (χ3v) is 5.05. The van der Waals surface area contributed by atoms with Crippen LogP contribution in [0.5, 0.6) is 0 Å². The summed E-state index contributed by atoms with van der Waals surface area (Å²) in [4.78, 5) is 24.2. The molecule has 2 aliphatic rings. The van der Waals surface area contributed by atoms with Crippen molar-refractivity contribution >= 4 is 24.3 Å². The molecule has 1 saturated carbocycles. The molecule has 6 nitrogen and oxygen atoms in total. The highest BCUT2D eigenvalue weighted by molar-refractivity contribution is 5.85. The van der Waals surface area contributed by atoms with Crippen LogP contribution in [0.3, 0.4) is 0 Å². The fraction of sp³-hybridized carbons (Fsp3) is 0.882. The molecule has 0 aromatic carbocycles. The van der Waals surface area contributed by atoms with Crippen molar-refractivity contribution in [3.8, 4) is 0 Å². The molecule has 0 radical (unpaired) electrons. The average molecular weight is 417 g/mol. The Bertz CT molecular complexity index is 487. The van der Waals surface area contributed by atoms with Gasteiger partial charge in [0.05, 0.1) is 24.5 Å². The number of hydrogen-bond acceptors (Lipinski definition) is 4. The van der Waals surface area contributed by atoms with Crippen molar-refractivity contribution < 1.29 is 32.6 Å². The number of alkyl halides is 3. The molecule has 0 aromatic heterocycles. The summed E-state index contributed by atoms with van der Waals surface area (Å²) in [5.41, 5.74) is 0. The van der Waals surface area contributed by atoms with Crippen molar-refractivity contribution in [3.63, 3.8) is 0 Å². The maximum Gasteiger partial charge on any atom is 0.393 e. The van der Waals surface area contributed by atoms with Crippen molar-refractivity contribution in [1.29, 1.82) is 0 Å². The SMILES string of the molecule is Cl.O=C(CN1C[C@@H](C(F)(F)F)[C@H](C(=O)O)C1)NCCCOC1CCCCC1. The molecule has 27 heavy (non-hydrogen) atoms. The van der Waals surface area contributed by atoms with Crippen LogP contribution in [0, 0.1) is 11.8 Å². The molecule has 2 rings (SSSR count). The molecule has 158 valence electrons. The summed E-state index contributed by atoms with van der Waals surface area (Å²) in [6.07, 6.45) is 2.15. The molecule has 1 saturated heterocycles. The Labute approximate surface area is 163 Å². The Morgan fingerprint density at radius 1 is 1.15 bits per heavy atom. The molecule has 1 aliphatic carbocycles. The van der Waals surface area contributed by atoms with Gasteiger partial charge in [-0.05, 0) is 19.3 Å². The van der Waals surface area contributed by atoms with Crippen molar-refractivity contribution in [3.05, 3.63) is 0 Å². The Hall–Kier alpha value is -1.06. The zero-order valence-corrected chi connectivity index (χ0v) is 16.0. The lowest BCUT2D eigenvalue weighted by molar-refractivity contribution is -0.188. The van der Waals surface area contributed by atoms with Gasteiger partial charge in [0.25, 0.3) is 0 Å². The number of aliphatic carboxylic acids is 1. The molecule has 10 heteroatoms. The Balaban J connectivity index is 0.00000364. The van der Waals surface area contributed by atoms with Gasteiger partial charge in [0.2, 0.25) is 5.91 Å². The van der Waals surface area contributed by atoms with Crippen molar-refractivity contribution in [2.75, 3.05) is 32.8 Å². The number of carbonyl (C=O) groups is 2. The van der Waals surface area contributed by atoms with E-state index in [1.165, 1.54) is 24.2 Å². The third kappa shape index (κ3) is 7.83. The predicted octanol–water partition coefficient (Wildman–Crippen LogP) is 2.46. The monoisotopic (exact) mass is 416 g/mol. The number of nitrogens with one attached hydrogen (secondary N) is 1. The van der Waals surface area contributed by atoms with Gasteiger partial charge in [-0.2, -0.15) is 13.2 Å². The molecule has 1 aliphatic heterocycles. The molecule has 0 unspecified atom stereocenters. The zero-order chi connectivity index (χ0) is 19.2. The summed E-state index contributed by atoms with van der Waals surface area (Å²) >= 11 is 0. The van der Waals surface area contributed by atoms with Gasteiger partial charge in [0.1, 0.15) is 0 Å². The molecule has 0 bridgehead atoms. The molecular weight excluding hydrogens is 389 g/mol. The quantitative estimate of drug-likeness (QED) is 0.594. The van der Waals surface area contributed by atoms with Gasteiger partial charge in [-0.15, -0.1) is 12.4 Å². The first-order valence-electron chi connectivity index (χ1n) is 9.17. The Kier molecular flexibility index (Phi) is 9.83. The normalized spacial score (nSPS) is 24.4. The fourth-order valence-corrected chi connectivity index (χ4v) is 3.64. The van der Waals surface area contributed by atoms with Gasteiger partial charge in [-0.25, -0.2) is 0 Å². The number of hydrogen-bond donors (Lipinski definition) is 2. The highest BCUT2D eigenvalue weighted by Gasteiger charge is 2.52. The standard InChI is InChI=1S/C17H27F3N2O4.ClH/c18-17(19,20)14-10-22(9-13(14)16(24)25)11-15(23)21-7-4-8-26-12-5-2-1-3-6-12;/h12-14H,1-11H2,(H,21,23)(H,24,25);1H/t13-,14-;/m1./s1. The van der Waals surface area contributed by atoms with Gasteiger partial charge in [-0.1, -0.05) is 19.3 Å². The maximum atomic E-state index is 12.9. The number of nitrogens with zero attached hydrogens (tertiary/aromatic N) is 1. The first-order valence-corrected chi connectivity index (χ1v) is 9.17. The molecule has 2 fully saturated rings. The second-order valence-electron chi connectivity index (χ2n) is 7.12. The second kappa shape index (κ2) is 11.1. The predicted molar refractivity (Wildman–Crippen MR) is 94.8 cm³/mol. The van der Waals surface area contributed by atoms with E-state index >= 15 is 0 Å². The summed E-state index contributed by atoms with van der Waals surface area (Å²) in [7, 11) is 0. The van der Waals surface area contributed by atoms with Crippen LogP contribution in [-0.2, 0) is 14.3 Å². The summed E-state index contributed by atoms with van der Waals surface area (Å²) in [5, 5.41) is 11.6. The molecule has 2 atom stereocenters. The van der Waals surface area contributed by atoms with Crippen LogP contribution in [0.25, 0.3) is 0 Å². The highest BCUT2D eigenvalue weighted by atomic mass is 35.5. The van der Waals surface area contributed by atoms with Crippen LogP contribution < -0.4 is 5.32 Å². The van der Waals surface area contributed by atoms with E-state index in [0.717, 1.165) is 12.8 Å². The van der Waals surface area contributed by atoms with E-state index in [2.05, 4.69) is 5.32 Å². The lowest BCUT2D eigenvalue weighted by Gasteiger charge is -2.22. The Morgan fingerprint density at radius 2 is 1.81 bits per heavy atom. The first kappa shape index (κ1) is 24.0. The minimum absolute atomic E-state index is 0. The van der Waals surface area contributed by atoms with E-state index in [1.54, 1.807) is 0 Å². The molecule has 0 spiro atoms. The summed E-state index contributed by atoms with van der Waals surface area (Å²) < 4.78 is 44.5. The first-order chi connectivity index (χ1) is 12.3. The van der Waals surface area contributed by atoms with Gasteiger partial charge >= 0.3 is 12.1 Å². The third-order valence-electron chi connectivity index (χ3n) is 5.05. The molecular formula is C17H28ClF3N2O4. The van der Waals surface area contributed by atoms with E-state index in [1.807, 2.05) is 0 Å². The average Bonchev–Trinajstić information content (AvgIpc) is 3.00. The number of ether oxygens (including phenoxy) is 1. The van der Waals surface area contributed by atoms with E-state index < -0.39 is 36.4 Å². The van der Waals surface area contributed by atoms with Crippen LogP contribution in [0.4, 0.5) is 13.2 Å². The number of carboxylic acids is 1. The minimum atomic E-state index is -4.58. The van der Waals surface area contributed by atoms with Crippen LogP contribution >= 0.6 is 12.4 Å². The lowest BCUT2D eigenvalue weighted by Crippen LogP contribution is -2.37. The topological polar surface area (TPSA) is 78.9 Å². The number of rotatable bonds is 8. The van der Waals surface area contributed by atoms with Gasteiger partial charge < -0.3 is 15.2 Å². The summed E-state index contributed by atoms with van der Waals surface area (Å²) in [5.74, 6) is -5.33. The number of halogens is 4. The van der Waals surface area contributed by atoms with Crippen LogP contribution in [0.2, 0.25) is 0 Å². The van der Waals surface area contributed by atoms with Gasteiger partial charge in [0, 0.05) is 26.2 Å². The summed E-state index contributed by atoms with van der Waals surface area (Å²) in [6.45, 7) is -0.00735. The number of carboxylic acid groups (broad SMARTS) is 1. The van der Waals surface area contributed by atoms with E-state index in [4.69, 9.17) is 9.84 Å². The highest BCUT2D eigenvalue weighted by Crippen LogP contribution is 2.37. The van der Waals surface area contributed by atoms with Gasteiger partial charge in [0.15, 0.2) is 0 Å². The molecule has 1 amide bonds. The zero-order valence-electron chi connectivity index (χ0n) is 15.2. The second-order valence-corrected chi connectivity index (χ2v) is 7.12. The van der Waals surface area contributed by atoms with Crippen LogP contribution in [-0.4, -0.2) is 66.9 Å². The smallest absolute Gasteiger partial charge is 0.393 e. The van der Waals surface area contributed by atoms with Crippen molar-refractivity contribution in [2.45, 2.75) is 50.8 Å². The largest absolute Gasteiger partial charge is 0.481 e. The number of carbonyl (C=O) groups excluding carboxylic acids is 1. The summed E-state index contributed by atoms with van der Waals surface area (Å²) in [6, 6.07) is 0. The molecule has 1 heterocycles. The van der Waals surface area contributed by atoms with E-state index in [0.29, 0.717) is 25.7 Å². The van der Waals surface area contributed by atoms with Crippen molar-refractivity contribution in [2.24, 2.45) is 11.8 Å². The fourth-order valence-electron chi connectivity index (χ4n) is 3.64. The maximum absolute atomic E-state index is 12.9. The molecule has 0 aromatic rings.